The highest BCUT2D eigenvalue weighted by molar-refractivity contribution is 5.14. The molecule has 3 heteroatoms. The van der Waals surface area contributed by atoms with E-state index in [4.69, 9.17) is 9.47 Å². The van der Waals surface area contributed by atoms with Gasteiger partial charge in [0.1, 0.15) is 6.10 Å². The van der Waals surface area contributed by atoms with Gasteiger partial charge in [0, 0.05) is 19.6 Å². The minimum atomic E-state index is 0.387. The van der Waals surface area contributed by atoms with Crippen LogP contribution in [0.15, 0.2) is 30.3 Å². The number of epoxide rings is 1. The molecule has 1 aromatic carbocycles. The van der Waals surface area contributed by atoms with Crippen LogP contribution in [-0.2, 0) is 16.0 Å². The van der Waals surface area contributed by atoms with Crippen LogP contribution in [0.2, 0.25) is 0 Å². The average molecular weight is 233 g/mol. The van der Waals surface area contributed by atoms with Gasteiger partial charge >= 0.3 is 0 Å². The summed E-state index contributed by atoms with van der Waals surface area (Å²) in [5.74, 6) is 0. The Morgan fingerprint density at radius 2 is 2.12 bits per heavy atom. The van der Waals surface area contributed by atoms with E-state index in [0.717, 1.165) is 39.3 Å². The first kappa shape index (κ1) is 11.2. The fourth-order valence-corrected chi connectivity index (χ4v) is 2.33. The van der Waals surface area contributed by atoms with Crippen LogP contribution in [0, 0.1) is 0 Å². The first-order valence-electron chi connectivity index (χ1n) is 6.39. The van der Waals surface area contributed by atoms with E-state index in [1.807, 2.05) is 0 Å². The minimum absolute atomic E-state index is 0.387. The van der Waals surface area contributed by atoms with Gasteiger partial charge in [0.05, 0.1) is 19.3 Å². The molecule has 0 aromatic heterocycles. The van der Waals surface area contributed by atoms with Crippen molar-refractivity contribution < 1.29 is 9.47 Å². The van der Waals surface area contributed by atoms with Gasteiger partial charge in [-0.1, -0.05) is 30.3 Å². The van der Waals surface area contributed by atoms with E-state index < -0.39 is 0 Å². The highest BCUT2D eigenvalue weighted by Crippen LogP contribution is 2.18. The second kappa shape index (κ2) is 5.17. The van der Waals surface area contributed by atoms with Crippen LogP contribution in [0.1, 0.15) is 12.0 Å². The molecule has 2 fully saturated rings. The predicted octanol–water partition coefficient (Wildman–Crippen LogP) is 1.68. The van der Waals surface area contributed by atoms with E-state index in [2.05, 4.69) is 35.2 Å². The van der Waals surface area contributed by atoms with Crippen molar-refractivity contribution in [1.29, 1.82) is 0 Å². The summed E-state index contributed by atoms with van der Waals surface area (Å²) in [5.41, 5.74) is 1.39. The van der Waals surface area contributed by atoms with Crippen molar-refractivity contribution in [2.75, 3.05) is 26.3 Å². The van der Waals surface area contributed by atoms with E-state index in [1.54, 1.807) is 0 Å². The molecule has 92 valence electrons. The van der Waals surface area contributed by atoms with Gasteiger partial charge in [0.25, 0.3) is 0 Å². The van der Waals surface area contributed by atoms with Gasteiger partial charge in [-0.25, -0.2) is 0 Å². The number of benzene rings is 1. The summed E-state index contributed by atoms with van der Waals surface area (Å²) in [6.45, 7) is 4.91. The normalized spacial score (nSPS) is 28.5. The molecule has 2 saturated heterocycles. The smallest absolute Gasteiger partial charge is 0.104 e. The lowest BCUT2D eigenvalue weighted by Gasteiger charge is -2.16. The van der Waals surface area contributed by atoms with Gasteiger partial charge in [-0.3, -0.25) is 4.90 Å². The quantitative estimate of drug-likeness (QED) is 0.723. The van der Waals surface area contributed by atoms with Crippen molar-refractivity contribution in [3.8, 4) is 0 Å². The van der Waals surface area contributed by atoms with Crippen LogP contribution in [0.4, 0.5) is 0 Å². The third kappa shape index (κ3) is 3.28. The Kier molecular flexibility index (Phi) is 3.41. The Morgan fingerprint density at radius 3 is 2.88 bits per heavy atom. The fraction of sp³-hybridized carbons (Fsp3) is 0.571. The summed E-state index contributed by atoms with van der Waals surface area (Å²) in [6.07, 6.45) is 1.95. The summed E-state index contributed by atoms with van der Waals surface area (Å²) in [6, 6.07) is 10.6. The lowest BCUT2D eigenvalue weighted by atomic mass is 10.2. The van der Waals surface area contributed by atoms with Crippen molar-refractivity contribution in [1.82, 2.24) is 4.90 Å². The van der Waals surface area contributed by atoms with E-state index in [-0.39, 0.29) is 0 Å². The maximum Gasteiger partial charge on any atom is 0.104 e. The van der Waals surface area contributed by atoms with Crippen molar-refractivity contribution in [2.45, 2.75) is 25.2 Å². The molecule has 2 heterocycles. The maximum atomic E-state index is 5.83. The summed E-state index contributed by atoms with van der Waals surface area (Å²) in [7, 11) is 0. The van der Waals surface area contributed by atoms with Gasteiger partial charge in [-0.15, -0.1) is 0 Å². The summed E-state index contributed by atoms with van der Waals surface area (Å²) >= 11 is 0. The topological polar surface area (TPSA) is 25.0 Å². The van der Waals surface area contributed by atoms with Crippen LogP contribution in [0.5, 0.6) is 0 Å². The number of hydrogen-bond acceptors (Lipinski definition) is 3. The third-order valence-electron chi connectivity index (χ3n) is 3.40. The molecule has 2 aliphatic heterocycles. The molecule has 0 bridgehead atoms. The Bertz CT molecular complexity index is 350. The van der Waals surface area contributed by atoms with E-state index in [0.29, 0.717) is 12.2 Å². The monoisotopic (exact) mass is 233 g/mol. The van der Waals surface area contributed by atoms with E-state index >= 15 is 0 Å². The Morgan fingerprint density at radius 1 is 1.29 bits per heavy atom. The van der Waals surface area contributed by atoms with Crippen LogP contribution in [0.3, 0.4) is 0 Å². The molecule has 1 aromatic rings. The SMILES string of the molecule is c1ccc(CN2CC[C@@H](OC[C@@H]3CO3)C2)cc1. The number of ether oxygens (including phenoxy) is 2. The van der Waals surface area contributed by atoms with Crippen molar-refractivity contribution in [3.05, 3.63) is 35.9 Å². The summed E-state index contributed by atoms with van der Waals surface area (Å²) in [5, 5.41) is 0. The largest absolute Gasteiger partial charge is 0.374 e. The molecule has 3 rings (SSSR count). The molecule has 2 aliphatic rings. The summed E-state index contributed by atoms with van der Waals surface area (Å²) in [4.78, 5) is 2.47. The Labute approximate surface area is 102 Å². The van der Waals surface area contributed by atoms with Crippen molar-refractivity contribution >= 4 is 0 Å². The molecule has 0 saturated carbocycles. The number of rotatable bonds is 5. The van der Waals surface area contributed by atoms with Gasteiger partial charge in [0.15, 0.2) is 0 Å². The lowest BCUT2D eigenvalue weighted by Crippen LogP contribution is -2.23. The molecule has 0 amide bonds. The second-order valence-corrected chi connectivity index (χ2v) is 4.92. The molecule has 3 nitrogen and oxygen atoms in total. The van der Waals surface area contributed by atoms with Gasteiger partial charge in [-0.2, -0.15) is 0 Å². The minimum Gasteiger partial charge on any atom is -0.374 e. The van der Waals surface area contributed by atoms with Gasteiger partial charge in [-0.05, 0) is 12.0 Å². The first-order valence-corrected chi connectivity index (χ1v) is 6.39. The van der Waals surface area contributed by atoms with Gasteiger partial charge in [0.2, 0.25) is 0 Å². The zero-order valence-corrected chi connectivity index (χ0v) is 10.0. The van der Waals surface area contributed by atoms with Crippen LogP contribution in [0.25, 0.3) is 0 Å². The van der Waals surface area contributed by atoms with Crippen LogP contribution < -0.4 is 0 Å². The Hall–Kier alpha value is -0.900. The molecule has 0 radical (unpaired) electrons. The first-order chi connectivity index (χ1) is 8.40. The number of nitrogens with zero attached hydrogens (tertiary/aromatic N) is 1. The third-order valence-corrected chi connectivity index (χ3v) is 3.40. The lowest BCUT2D eigenvalue weighted by molar-refractivity contribution is 0.0479. The van der Waals surface area contributed by atoms with E-state index in [1.165, 1.54) is 5.56 Å². The van der Waals surface area contributed by atoms with Gasteiger partial charge < -0.3 is 9.47 Å². The molecular formula is C14H19NO2. The highest BCUT2D eigenvalue weighted by Gasteiger charge is 2.27. The van der Waals surface area contributed by atoms with E-state index in [9.17, 15) is 0 Å². The standard InChI is InChI=1S/C14H19NO2/c1-2-4-12(5-3-1)8-15-7-6-13(9-15)16-10-14-11-17-14/h1-5,13-14H,6-11H2/t13-,14-/m1/s1. The second-order valence-electron chi connectivity index (χ2n) is 4.92. The number of hydrogen-bond donors (Lipinski definition) is 0. The maximum absolute atomic E-state index is 5.83. The van der Waals surface area contributed by atoms with Crippen molar-refractivity contribution in [2.24, 2.45) is 0 Å². The molecule has 0 aliphatic carbocycles. The highest BCUT2D eigenvalue weighted by atomic mass is 16.6. The average Bonchev–Trinajstić information content (AvgIpc) is 3.09. The number of likely N-dealkylation sites (tertiary alicyclic amines) is 1. The molecule has 0 N–H and O–H groups in total. The predicted molar refractivity (Wildman–Crippen MR) is 65.8 cm³/mol. The fourth-order valence-electron chi connectivity index (χ4n) is 2.33. The van der Waals surface area contributed by atoms with Crippen LogP contribution >= 0.6 is 0 Å². The zero-order valence-electron chi connectivity index (χ0n) is 10.0. The molecule has 0 unspecified atom stereocenters. The zero-order chi connectivity index (χ0) is 11.5. The van der Waals surface area contributed by atoms with Crippen LogP contribution in [-0.4, -0.2) is 43.4 Å². The molecule has 2 atom stereocenters. The molecule has 0 spiro atoms. The molecule has 17 heavy (non-hydrogen) atoms. The summed E-state index contributed by atoms with van der Waals surface area (Å²) < 4.78 is 11.0. The molecular weight excluding hydrogens is 214 g/mol. The van der Waals surface area contributed by atoms with Crippen molar-refractivity contribution in [3.63, 3.8) is 0 Å². The Balaban J connectivity index is 1.43.